The maximum atomic E-state index is 12.6. The van der Waals surface area contributed by atoms with Crippen LogP contribution in [0.15, 0.2) is 41.4 Å². The van der Waals surface area contributed by atoms with Crippen LogP contribution in [-0.2, 0) is 11.3 Å². The van der Waals surface area contributed by atoms with Gasteiger partial charge in [-0.3, -0.25) is 9.59 Å². The Morgan fingerprint density at radius 2 is 2.03 bits per heavy atom. The Balaban J connectivity index is 1.49. The van der Waals surface area contributed by atoms with Crippen molar-refractivity contribution in [3.63, 3.8) is 0 Å². The fourth-order valence-corrected chi connectivity index (χ4v) is 4.40. The van der Waals surface area contributed by atoms with Crippen molar-refractivity contribution in [2.24, 2.45) is 4.99 Å². The molecule has 3 N–H and O–H groups in total. The van der Waals surface area contributed by atoms with Crippen LogP contribution in [0.4, 0.5) is 24.0 Å². The normalized spacial score (nSPS) is 13.1. The first-order chi connectivity index (χ1) is 17.5. The molecule has 0 radical (unpaired) electrons. The van der Waals surface area contributed by atoms with Gasteiger partial charge in [0.1, 0.15) is 5.75 Å². The second-order valence-electron chi connectivity index (χ2n) is 8.18. The molecule has 1 aliphatic heterocycles. The second-order valence-corrected chi connectivity index (χ2v) is 9.21. The van der Waals surface area contributed by atoms with Gasteiger partial charge in [0, 0.05) is 38.8 Å². The van der Waals surface area contributed by atoms with Crippen molar-refractivity contribution < 1.29 is 32.6 Å². The molecule has 1 aromatic heterocycles. The van der Waals surface area contributed by atoms with Crippen LogP contribution in [0.5, 0.6) is 5.75 Å². The van der Waals surface area contributed by atoms with Gasteiger partial charge in [-0.25, -0.2) is 9.98 Å². The molecule has 0 fully saturated rings. The van der Waals surface area contributed by atoms with Gasteiger partial charge in [-0.2, -0.15) is 0 Å². The standard InChI is InChI=1S/C23H23F3N6O4S/c1-31(7-8-33)19(34)11-27-20(35)13-3-4-14-12-32(2)21(28-17(14)9-13)30-22-29-16-6-5-15(10-18(16)37-22)36-23(24,25)26/h3-6,9-10,33H,7-8,11-12H2,1-2H3,(H,27,35)(H,28,29,30). The fourth-order valence-electron chi connectivity index (χ4n) is 3.51. The molecule has 0 bridgehead atoms. The highest BCUT2D eigenvalue weighted by molar-refractivity contribution is 7.22. The van der Waals surface area contributed by atoms with E-state index in [0.29, 0.717) is 39.1 Å². The average molecular weight is 537 g/mol. The number of aliphatic hydroxyl groups excluding tert-OH is 1. The molecule has 2 heterocycles. The number of carbonyl (C=O) groups is 2. The highest BCUT2D eigenvalue weighted by atomic mass is 32.1. The van der Waals surface area contributed by atoms with Crippen molar-refractivity contribution in [3.05, 3.63) is 47.5 Å². The van der Waals surface area contributed by atoms with Gasteiger partial charge in [0.2, 0.25) is 11.9 Å². The average Bonchev–Trinajstić information content (AvgIpc) is 3.23. The van der Waals surface area contributed by atoms with E-state index in [4.69, 9.17) is 5.11 Å². The molecular weight excluding hydrogens is 513 g/mol. The summed E-state index contributed by atoms with van der Waals surface area (Å²) < 4.78 is 42.0. The summed E-state index contributed by atoms with van der Waals surface area (Å²) in [5.41, 5.74) is 2.25. The number of likely N-dealkylation sites (N-methyl/N-ethyl adjacent to an activating group) is 1. The highest BCUT2D eigenvalue weighted by Gasteiger charge is 2.31. The summed E-state index contributed by atoms with van der Waals surface area (Å²) >= 11 is 1.14. The van der Waals surface area contributed by atoms with E-state index in [1.165, 1.54) is 30.1 Å². The number of anilines is 1. The predicted octanol–water partition coefficient (Wildman–Crippen LogP) is 2.92. The molecule has 3 aromatic rings. The highest BCUT2D eigenvalue weighted by Crippen LogP contribution is 2.33. The number of alkyl halides is 3. The van der Waals surface area contributed by atoms with E-state index in [0.717, 1.165) is 16.9 Å². The minimum Gasteiger partial charge on any atom is -0.406 e. The smallest absolute Gasteiger partial charge is 0.406 e. The predicted molar refractivity (Wildman–Crippen MR) is 132 cm³/mol. The maximum Gasteiger partial charge on any atom is 0.573 e. The van der Waals surface area contributed by atoms with Gasteiger partial charge in [0.25, 0.3) is 5.91 Å². The number of aromatic nitrogens is 1. The van der Waals surface area contributed by atoms with Crippen molar-refractivity contribution in [1.29, 1.82) is 0 Å². The number of ether oxygens (including phenoxy) is 1. The van der Waals surface area contributed by atoms with Crippen LogP contribution in [0.3, 0.4) is 0 Å². The molecule has 4 rings (SSSR count). The molecule has 1 aliphatic rings. The third-order valence-electron chi connectivity index (χ3n) is 5.42. The monoisotopic (exact) mass is 536 g/mol. The van der Waals surface area contributed by atoms with Crippen LogP contribution in [0, 0.1) is 0 Å². The number of amides is 2. The molecule has 196 valence electrons. The second kappa shape index (κ2) is 10.6. The van der Waals surface area contributed by atoms with Crippen LogP contribution >= 0.6 is 11.3 Å². The first-order valence-electron chi connectivity index (χ1n) is 11.0. The van der Waals surface area contributed by atoms with Gasteiger partial charge in [0.05, 0.1) is 29.1 Å². The summed E-state index contributed by atoms with van der Waals surface area (Å²) in [7, 11) is 3.34. The summed E-state index contributed by atoms with van der Waals surface area (Å²) in [6, 6.07) is 8.94. The Hall–Kier alpha value is -3.91. The number of hydrogen-bond acceptors (Lipinski definition) is 9. The molecule has 2 amide bonds. The van der Waals surface area contributed by atoms with E-state index in [2.05, 4.69) is 25.3 Å². The number of rotatable bonds is 7. The van der Waals surface area contributed by atoms with E-state index >= 15 is 0 Å². The zero-order valence-electron chi connectivity index (χ0n) is 19.8. The molecule has 10 nitrogen and oxygen atoms in total. The van der Waals surface area contributed by atoms with E-state index in [1.54, 1.807) is 18.2 Å². The first-order valence-corrected chi connectivity index (χ1v) is 11.8. The van der Waals surface area contributed by atoms with Crippen molar-refractivity contribution in [2.45, 2.75) is 12.9 Å². The number of aliphatic hydroxyl groups is 1. The fraction of sp³-hybridized carbons (Fsp3) is 0.304. The lowest BCUT2D eigenvalue weighted by atomic mass is 10.1. The SMILES string of the molecule is CN(CCO)C(=O)CNC(=O)c1ccc2c(c1)N=C(Nc1nc3ccc(OC(F)(F)F)cc3s1)N(C)C2. The summed E-state index contributed by atoms with van der Waals surface area (Å²) in [6.45, 7) is 0.275. The van der Waals surface area contributed by atoms with E-state index < -0.39 is 12.3 Å². The zero-order valence-corrected chi connectivity index (χ0v) is 20.6. The minimum absolute atomic E-state index is 0.169. The lowest BCUT2D eigenvalue weighted by Gasteiger charge is -2.26. The summed E-state index contributed by atoms with van der Waals surface area (Å²) in [5, 5.41) is 15.0. The molecule has 37 heavy (non-hydrogen) atoms. The van der Waals surface area contributed by atoms with Crippen molar-refractivity contribution in [3.8, 4) is 5.75 Å². The van der Waals surface area contributed by atoms with Crippen LogP contribution in [0.2, 0.25) is 0 Å². The first kappa shape index (κ1) is 26.2. The number of benzene rings is 2. The third kappa shape index (κ3) is 6.46. The number of guanidine groups is 1. The molecule has 0 aliphatic carbocycles. The quantitative estimate of drug-likeness (QED) is 0.425. The Bertz CT molecular complexity index is 1360. The van der Waals surface area contributed by atoms with Crippen molar-refractivity contribution in [2.75, 3.05) is 39.1 Å². The summed E-state index contributed by atoms with van der Waals surface area (Å²) in [6.07, 6.45) is -4.78. The van der Waals surface area contributed by atoms with Gasteiger partial charge >= 0.3 is 6.36 Å². The topological polar surface area (TPSA) is 119 Å². The van der Waals surface area contributed by atoms with E-state index in [9.17, 15) is 22.8 Å². The number of aliphatic imine (C=N–C) groups is 1. The molecule has 0 saturated heterocycles. The minimum atomic E-state index is -4.78. The number of fused-ring (bicyclic) bond motifs is 2. The number of hydrogen-bond donors (Lipinski definition) is 3. The number of thiazole rings is 1. The largest absolute Gasteiger partial charge is 0.573 e. The lowest BCUT2D eigenvalue weighted by molar-refractivity contribution is -0.274. The van der Waals surface area contributed by atoms with Crippen LogP contribution in [0.25, 0.3) is 10.2 Å². The number of halogens is 3. The molecule has 0 atom stereocenters. The third-order valence-corrected chi connectivity index (χ3v) is 6.35. The number of carbonyl (C=O) groups excluding carboxylic acids is 2. The summed E-state index contributed by atoms with van der Waals surface area (Å²) in [5.74, 6) is -0.667. The molecule has 0 unspecified atom stereocenters. The lowest BCUT2D eigenvalue weighted by Crippen LogP contribution is -2.39. The molecular formula is C23H23F3N6O4S. The van der Waals surface area contributed by atoms with Crippen LogP contribution < -0.4 is 15.4 Å². The van der Waals surface area contributed by atoms with Gasteiger partial charge in [-0.15, -0.1) is 13.2 Å². The van der Waals surface area contributed by atoms with Gasteiger partial charge in [-0.1, -0.05) is 17.4 Å². The molecule has 2 aromatic carbocycles. The van der Waals surface area contributed by atoms with E-state index in [-0.39, 0.29) is 31.4 Å². The Morgan fingerprint density at radius 3 is 2.76 bits per heavy atom. The number of nitrogens with one attached hydrogen (secondary N) is 2. The molecule has 0 saturated carbocycles. The van der Waals surface area contributed by atoms with Gasteiger partial charge < -0.3 is 30.3 Å². The Labute approximate surface area is 213 Å². The Kier molecular flexibility index (Phi) is 7.50. The van der Waals surface area contributed by atoms with Crippen molar-refractivity contribution >= 4 is 50.1 Å². The number of nitrogens with zero attached hydrogens (tertiary/aromatic N) is 4. The van der Waals surface area contributed by atoms with Crippen LogP contribution in [-0.4, -0.2) is 77.8 Å². The molecule has 0 spiro atoms. The Morgan fingerprint density at radius 1 is 1.24 bits per heavy atom. The van der Waals surface area contributed by atoms with Gasteiger partial charge in [0.15, 0.2) is 5.13 Å². The van der Waals surface area contributed by atoms with Gasteiger partial charge in [-0.05, 0) is 29.8 Å². The van der Waals surface area contributed by atoms with E-state index in [1.807, 2.05) is 11.9 Å². The summed E-state index contributed by atoms with van der Waals surface area (Å²) in [4.78, 5) is 36.7. The van der Waals surface area contributed by atoms with Crippen LogP contribution in [0.1, 0.15) is 15.9 Å². The zero-order chi connectivity index (χ0) is 26.7. The molecule has 14 heteroatoms. The van der Waals surface area contributed by atoms with Crippen molar-refractivity contribution in [1.82, 2.24) is 20.1 Å². The maximum absolute atomic E-state index is 12.6.